The van der Waals surface area contributed by atoms with Crippen LogP contribution < -0.4 is 0 Å². The van der Waals surface area contributed by atoms with Crippen molar-refractivity contribution in [1.82, 2.24) is 0 Å². The lowest BCUT2D eigenvalue weighted by Crippen LogP contribution is -2.36. The first-order valence-corrected chi connectivity index (χ1v) is 4.61. The average Bonchev–Trinajstić information content (AvgIpc) is 2.07. The molecule has 0 radical (unpaired) electrons. The molecule has 0 N–H and O–H groups in total. The zero-order chi connectivity index (χ0) is 9.47. The van der Waals surface area contributed by atoms with E-state index in [0.717, 1.165) is 0 Å². The number of alkyl halides is 2. The van der Waals surface area contributed by atoms with Crippen LogP contribution in [-0.2, 0) is 0 Å². The van der Waals surface area contributed by atoms with Crippen LogP contribution in [0.1, 0.15) is 24.3 Å². The summed E-state index contributed by atoms with van der Waals surface area (Å²) in [5.74, 6) is -3.10. The summed E-state index contributed by atoms with van der Waals surface area (Å²) in [6.07, 6.45) is 0.592. The molecule has 0 heterocycles. The van der Waals surface area contributed by atoms with E-state index in [2.05, 4.69) is 0 Å². The van der Waals surface area contributed by atoms with E-state index in [1.165, 1.54) is 0 Å². The van der Waals surface area contributed by atoms with Gasteiger partial charge in [0.05, 0.1) is 0 Å². The lowest BCUT2D eigenvalue weighted by molar-refractivity contribution is -0.0962. The Balaban J connectivity index is 2.22. The molecule has 70 valence electrons. The smallest absolute Gasteiger partial charge is 0.206 e. The molecule has 0 saturated heterocycles. The van der Waals surface area contributed by atoms with Crippen LogP contribution >= 0.6 is 11.6 Å². The van der Waals surface area contributed by atoms with Crippen molar-refractivity contribution in [2.45, 2.75) is 24.7 Å². The minimum Gasteiger partial charge on any atom is -0.206 e. The third-order valence-electron chi connectivity index (χ3n) is 2.55. The molecule has 0 nitrogen and oxygen atoms in total. The highest BCUT2D eigenvalue weighted by Gasteiger charge is 2.48. The summed E-state index contributed by atoms with van der Waals surface area (Å²) in [4.78, 5) is 0. The third-order valence-corrected chi connectivity index (χ3v) is 2.80. The molecule has 1 aliphatic rings. The Morgan fingerprint density at radius 2 is 1.85 bits per heavy atom. The van der Waals surface area contributed by atoms with Gasteiger partial charge in [0.2, 0.25) is 0 Å². The molecule has 0 aliphatic heterocycles. The van der Waals surface area contributed by atoms with Crippen LogP contribution in [0.3, 0.4) is 0 Å². The normalized spacial score (nSPS) is 25.3. The fourth-order valence-corrected chi connectivity index (χ4v) is 1.74. The molecule has 0 aromatic heterocycles. The first-order valence-electron chi connectivity index (χ1n) is 4.23. The SMILES string of the molecule is FC1(F)CCC1c1ccc(Cl)cc1. The first kappa shape index (κ1) is 8.95. The Morgan fingerprint density at radius 3 is 2.23 bits per heavy atom. The van der Waals surface area contributed by atoms with E-state index < -0.39 is 11.8 Å². The number of hydrogen-bond donors (Lipinski definition) is 0. The average molecular weight is 203 g/mol. The molecular formula is C10H9ClF2. The van der Waals surface area contributed by atoms with Gasteiger partial charge >= 0.3 is 0 Å². The van der Waals surface area contributed by atoms with Crippen molar-refractivity contribution in [3.05, 3.63) is 34.9 Å². The van der Waals surface area contributed by atoms with Crippen molar-refractivity contribution in [1.29, 1.82) is 0 Å². The second-order valence-electron chi connectivity index (χ2n) is 3.40. The molecule has 0 amide bonds. The molecule has 0 bridgehead atoms. The molecule has 1 saturated carbocycles. The van der Waals surface area contributed by atoms with E-state index in [1.807, 2.05) is 0 Å². The monoisotopic (exact) mass is 202 g/mol. The van der Waals surface area contributed by atoms with Gasteiger partial charge in [0, 0.05) is 17.4 Å². The number of halogens is 3. The van der Waals surface area contributed by atoms with Crippen LogP contribution in [-0.4, -0.2) is 5.92 Å². The molecule has 2 rings (SSSR count). The summed E-state index contributed by atoms with van der Waals surface area (Å²) >= 11 is 5.66. The van der Waals surface area contributed by atoms with Gasteiger partial charge < -0.3 is 0 Å². The predicted octanol–water partition coefficient (Wildman–Crippen LogP) is 3.85. The Kier molecular flexibility index (Phi) is 2.03. The van der Waals surface area contributed by atoms with Crippen LogP contribution in [0.25, 0.3) is 0 Å². The highest BCUT2D eigenvalue weighted by atomic mass is 35.5. The second kappa shape index (κ2) is 2.95. The molecule has 13 heavy (non-hydrogen) atoms. The van der Waals surface area contributed by atoms with E-state index in [0.29, 0.717) is 17.0 Å². The van der Waals surface area contributed by atoms with E-state index >= 15 is 0 Å². The summed E-state index contributed by atoms with van der Waals surface area (Å²) in [5, 5.41) is 0.589. The van der Waals surface area contributed by atoms with Gasteiger partial charge in [0.25, 0.3) is 5.92 Å². The Hall–Kier alpha value is -0.630. The van der Waals surface area contributed by atoms with E-state index in [9.17, 15) is 8.78 Å². The lowest BCUT2D eigenvalue weighted by Gasteiger charge is -2.36. The molecule has 3 heteroatoms. The fraction of sp³-hybridized carbons (Fsp3) is 0.400. The molecule has 1 aliphatic carbocycles. The molecule has 1 aromatic carbocycles. The van der Waals surface area contributed by atoms with Crippen molar-refractivity contribution < 1.29 is 8.78 Å². The van der Waals surface area contributed by atoms with Crippen LogP contribution in [0.2, 0.25) is 5.02 Å². The van der Waals surface area contributed by atoms with Crippen molar-refractivity contribution in [2.24, 2.45) is 0 Å². The Labute approximate surface area is 80.5 Å². The van der Waals surface area contributed by atoms with Crippen molar-refractivity contribution in [3.63, 3.8) is 0 Å². The second-order valence-corrected chi connectivity index (χ2v) is 3.84. The highest BCUT2D eigenvalue weighted by Crippen LogP contribution is 2.49. The van der Waals surface area contributed by atoms with Gasteiger partial charge in [-0.1, -0.05) is 23.7 Å². The molecule has 0 spiro atoms. The van der Waals surface area contributed by atoms with Gasteiger partial charge in [-0.15, -0.1) is 0 Å². The zero-order valence-electron chi connectivity index (χ0n) is 6.93. The van der Waals surface area contributed by atoms with Gasteiger partial charge in [-0.2, -0.15) is 0 Å². The Bertz CT molecular complexity index is 305. The summed E-state index contributed by atoms with van der Waals surface area (Å²) in [7, 11) is 0. The van der Waals surface area contributed by atoms with Crippen LogP contribution in [0.4, 0.5) is 8.78 Å². The van der Waals surface area contributed by atoms with Crippen molar-refractivity contribution in [2.75, 3.05) is 0 Å². The summed E-state index contributed by atoms with van der Waals surface area (Å²) < 4.78 is 25.9. The summed E-state index contributed by atoms with van der Waals surface area (Å²) in [6.45, 7) is 0. The van der Waals surface area contributed by atoms with Gasteiger partial charge in [-0.05, 0) is 24.1 Å². The number of hydrogen-bond acceptors (Lipinski definition) is 0. The van der Waals surface area contributed by atoms with Gasteiger partial charge in [-0.25, -0.2) is 8.78 Å². The minimum atomic E-state index is -2.51. The Morgan fingerprint density at radius 1 is 1.23 bits per heavy atom. The molecule has 1 fully saturated rings. The van der Waals surface area contributed by atoms with E-state index in [4.69, 9.17) is 11.6 Å². The van der Waals surface area contributed by atoms with E-state index in [-0.39, 0.29) is 6.42 Å². The van der Waals surface area contributed by atoms with Crippen molar-refractivity contribution in [3.8, 4) is 0 Å². The minimum absolute atomic E-state index is 0.0142. The maximum atomic E-state index is 13.0. The van der Waals surface area contributed by atoms with Crippen LogP contribution in [0, 0.1) is 0 Å². The van der Waals surface area contributed by atoms with Gasteiger partial charge in [0.1, 0.15) is 0 Å². The quantitative estimate of drug-likeness (QED) is 0.649. The number of rotatable bonds is 1. The maximum absolute atomic E-state index is 13.0. The largest absolute Gasteiger partial charge is 0.254 e. The maximum Gasteiger partial charge on any atom is 0.254 e. The van der Waals surface area contributed by atoms with Gasteiger partial charge in [0.15, 0.2) is 0 Å². The van der Waals surface area contributed by atoms with Crippen LogP contribution in [0.5, 0.6) is 0 Å². The fourth-order valence-electron chi connectivity index (χ4n) is 1.61. The molecule has 1 aromatic rings. The van der Waals surface area contributed by atoms with Crippen molar-refractivity contribution >= 4 is 11.6 Å². The first-order chi connectivity index (χ1) is 6.09. The molecule has 1 unspecified atom stereocenters. The number of benzene rings is 1. The standard InChI is InChI=1S/C10H9ClF2/c11-8-3-1-7(2-4-8)9-5-6-10(9,12)13/h1-4,9H,5-6H2. The summed E-state index contributed by atoms with van der Waals surface area (Å²) in [5.41, 5.74) is 0.695. The topological polar surface area (TPSA) is 0 Å². The van der Waals surface area contributed by atoms with Crippen LogP contribution in [0.15, 0.2) is 24.3 Å². The van der Waals surface area contributed by atoms with Gasteiger partial charge in [-0.3, -0.25) is 0 Å². The highest BCUT2D eigenvalue weighted by molar-refractivity contribution is 6.30. The molecular weight excluding hydrogens is 194 g/mol. The lowest BCUT2D eigenvalue weighted by atomic mass is 9.76. The summed E-state index contributed by atoms with van der Waals surface area (Å²) in [6, 6.07) is 6.68. The molecule has 1 atom stereocenters. The third kappa shape index (κ3) is 1.55. The predicted molar refractivity (Wildman–Crippen MR) is 48.4 cm³/mol. The zero-order valence-corrected chi connectivity index (χ0v) is 7.69. The van der Waals surface area contributed by atoms with E-state index in [1.54, 1.807) is 24.3 Å².